The largest absolute Gasteiger partial charge is 0.488 e. The summed E-state index contributed by atoms with van der Waals surface area (Å²) in [5.41, 5.74) is 3.18. The van der Waals surface area contributed by atoms with Crippen molar-refractivity contribution in [3.63, 3.8) is 0 Å². The lowest BCUT2D eigenvalue weighted by atomic mass is 9.91. The molecule has 2 N–H and O–H groups in total. The number of hydrogen-bond donors (Lipinski definition) is 2. The van der Waals surface area contributed by atoms with Gasteiger partial charge < -0.3 is 15.2 Å². The van der Waals surface area contributed by atoms with Gasteiger partial charge >= 0.3 is 5.97 Å². The zero-order chi connectivity index (χ0) is 25.3. The van der Waals surface area contributed by atoms with Crippen LogP contribution in [0.15, 0.2) is 42.5 Å². The average molecular weight is 476 g/mol. The first-order valence-electron chi connectivity index (χ1n) is 10.9. The first-order chi connectivity index (χ1) is 16.7. The number of carbonyl (C=O) groups is 2. The molecule has 0 fully saturated rings. The Morgan fingerprint density at radius 3 is 2.66 bits per heavy atom. The van der Waals surface area contributed by atoms with Gasteiger partial charge in [-0.15, -0.1) is 0 Å². The molecule has 178 valence electrons. The van der Waals surface area contributed by atoms with Gasteiger partial charge in [0.25, 0.3) is 0 Å². The van der Waals surface area contributed by atoms with Crippen molar-refractivity contribution in [2.24, 2.45) is 0 Å². The highest BCUT2D eigenvalue weighted by Gasteiger charge is 2.25. The average Bonchev–Trinajstić information content (AvgIpc) is 2.79. The third-order valence-electron chi connectivity index (χ3n) is 5.94. The summed E-state index contributed by atoms with van der Waals surface area (Å²) in [6.45, 7) is 3.38. The molecule has 0 aromatic heterocycles. The lowest BCUT2D eigenvalue weighted by molar-refractivity contribution is -0.137. The number of ether oxygens (including phenoxy) is 1. The molecule has 4 bridgehead atoms. The lowest BCUT2D eigenvalue weighted by Gasteiger charge is -2.22. The molecular weight excluding hydrogens is 454 g/mol. The summed E-state index contributed by atoms with van der Waals surface area (Å²) >= 11 is 0. The highest BCUT2D eigenvalue weighted by Crippen LogP contribution is 2.38. The first kappa shape index (κ1) is 23.9. The number of aliphatic carboxylic acids is 1. The molecule has 8 heteroatoms. The van der Waals surface area contributed by atoms with Gasteiger partial charge in [0.15, 0.2) is 0 Å². The summed E-state index contributed by atoms with van der Waals surface area (Å²) < 4.78 is 35.8. The van der Waals surface area contributed by atoms with Crippen LogP contribution in [0.5, 0.6) is 5.75 Å². The smallest absolute Gasteiger partial charge is 0.305 e. The number of aryl methyl sites for hydroxylation is 2. The predicted molar refractivity (Wildman–Crippen MR) is 124 cm³/mol. The maximum atomic E-state index is 15.3. The number of benzene rings is 3. The van der Waals surface area contributed by atoms with Gasteiger partial charge in [0.1, 0.15) is 24.0 Å². The molecule has 1 heterocycles. The standard InChI is InChI=1S/C27H22F2N2O4/c1-14-5-17(12-30)8-23-26(14)19-6-15(2)27(29)20(9-19)22(11-25(33)34)31-24(32)10-18-7-16(13-35-23)3-4-21(18)28/h3-9,22H,10-11,13H2,1-2H3,(H,31,32)(H,33,34)/t22-/m0/s1. The Bertz CT molecular complexity index is 1390. The van der Waals surface area contributed by atoms with Gasteiger partial charge in [-0.2, -0.15) is 5.26 Å². The van der Waals surface area contributed by atoms with E-state index in [4.69, 9.17) is 4.74 Å². The van der Waals surface area contributed by atoms with Crippen LogP contribution >= 0.6 is 0 Å². The monoisotopic (exact) mass is 476 g/mol. The van der Waals surface area contributed by atoms with Crippen LogP contribution in [-0.4, -0.2) is 17.0 Å². The molecular formula is C27H22F2N2O4. The van der Waals surface area contributed by atoms with Crippen LogP contribution in [-0.2, 0) is 22.6 Å². The molecule has 6 nitrogen and oxygen atoms in total. The van der Waals surface area contributed by atoms with Gasteiger partial charge in [0.05, 0.1) is 30.5 Å². The van der Waals surface area contributed by atoms with Crippen molar-refractivity contribution in [3.8, 4) is 22.9 Å². The highest BCUT2D eigenvalue weighted by atomic mass is 19.1. The van der Waals surface area contributed by atoms with Crippen molar-refractivity contribution in [1.82, 2.24) is 5.32 Å². The topological polar surface area (TPSA) is 99.4 Å². The number of carbonyl (C=O) groups excluding carboxylic acids is 1. The number of carboxylic acids is 1. The molecule has 0 radical (unpaired) electrons. The van der Waals surface area contributed by atoms with Crippen molar-refractivity contribution in [2.45, 2.75) is 39.3 Å². The number of rotatable bonds is 2. The van der Waals surface area contributed by atoms with Gasteiger partial charge in [-0.25, -0.2) is 8.78 Å². The van der Waals surface area contributed by atoms with E-state index >= 15 is 4.39 Å². The summed E-state index contributed by atoms with van der Waals surface area (Å²) in [5.74, 6) is -2.74. The van der Waals surface area contributed by atoms with E-state index in [1.165, 1.54) is 24.3 Å². The summed E-state index contributed by atoms with van der Waals surface area (Å²) in [5, 5.41) is 21.5. The van der Waals surface area contributed by atoms with Crippen LogP contribution in [0.1, 0.15) is 45.8 Å². The van der Waals surface area contributed by atoms with Crippen LogP contribution in [0.2, 0.25) is 0 Å². The summed E-state index contributed by atoms with van der Waals surface area (Å²) in [4.78, 5) is 24.3. The second-order valence-corrected chi connectivity index (χ2v) is 8.58. The van der Waals surface area contributed by atoms with E-state index < -0.39 is 36.0 Å². The maximum absolute atomic E-state index is 15.3. The Hall–Kier alpha value is -4.25. The number of fused-ring (bicyclic) bond motifs is 6. The van der Waals surface area contributed by atoms with Gasteiger partial charge in [-0.1, -0.05) is 6.07 Å². The third-order valence-corrected chi connectivity index (χ3v) is 5.94. The van der Waals surface area contributed by atoms with Gasteiger partial charge in [0.2, 0.25) is 5.91 Å². The fourth-order valence-electron chi connectivity index (χ4n) is 4.34. The van der Waals surface area contributed by atoms with Crippen LogP contribution < -0.4 is 10.1 Å². The van der Waals surface area contributed by atoms with E-state index in [2.05, 4.69) is 11.4 Å². The maximum Gasteiger partial charge on any atom is 0.305 e. The lowest BCUT2D eigenvalue weighted by Crippen LogP contribution is -2.32. The number of nitrogens with zero attached hydrogens (tertiary/aromatic N) is 1. The Morgan fingerprint density at radius 1 is 1.17 bits per heavy atom. The minimum atomic E-state index is -1.23. The molecule has 0 saturated heterocycles. The van der Waals surface area contributed by atoms with Crippen LogP contribution in [0.4, 0.5) is 8.78 Å². The molecule has 0 unspecified atom stereocenters. The zero-order valence-electron chi connectivity index (χ0n) is 19.1. The van der Waals surface area contributed by atoms with E-state index in [-0.39, 0.29) is 29.7 Å². The fraction of sp³-hybridized carbons (Fsp3) is 0.222. The Morgan fingerprint density at radius 2 is 1.94 bits per heavy atom. The summed E-state index contributed by atoms with van der Waals surface area (Å²) in [6, 6.07) is 11.5. The first-order valence-corrected chi connectivity index (χ1v) is 10.9. The molecule has 0 spiro atoms. The predicted octanol–water partition coefficient (Wildman–Crippen LogP) is 4.89. The minimum Gasteiger partial charge on any atom is -0.488 e. The number of amides is 1. The molecule has 1 atom stereocenters. The highest BCUT2D eigenvalue weighted by molar-refractivity contribution is 5.81. The SMILES string of the molecule is Cc1cc2cc(c1F)[C@H](CC(=O)O)NC(=O)Cc1cc(ccc1F)COc1cc(C#N)cc(C)c1-2. The zero-order valence-corrected chi connectivity index (χ0v) is 19.1. The Labute approximate surface area is 200 Å². The van der Waals surface area contributed by atoms with E-state index in [1.807, 2.05) is 0 Å². The number of carboxylic acid groups (broad SMARTS) is 1. The number of nitrogens with one attached hydrogen (secondary N) is 1. The van der Waals surface area contributed by atoms with E-state index in [0.29, 0.717) is 33.6 Å². The molecule has 0 saturated carbocycles. The van der Waals surface area contributed by atoms with Crippen LogP contribution in [0.3, 0.4) is 0 Å². The fourth-order valence-corrected chi connectivity index (χ4v) is 4.34. The molecule has 0 aliphatic carbocycles. The molecule has 1 aliphatic rings. The van der Waals surface area contributed by atoms with Crippen LogP contribution in [0.25, 0.3) is 11.1 Å². The van der Waals surface area contributed by atoms with E-state index in [1.54, 1.807) is 32.0 Å². The van der Waals surface area contributed by atoms with Crippen molar-refractivity contribution >= 4 is 11.9 Å². The van der Waals surface area contributed by atoms with Gasteiger partial charge in [-0.3, -0.25) is 9.59 Å². The van der Waals surface area contributed by atoms with Crippen molar-refractivity contribution in [1.29, 1.82) is 5.26 Å². The quantitative estimate of drug-likeness (QED) is 0.549. The molecule has 4 rings (SSSR count). The molecule has 1 amide bonds. The molecule has 35 heavy (non-hydrogen) atoms. The van der Waals surface area contributed by atoms with E-state index in [9.17, 15) is 24.3 Å². The van der Waals surface area contributed by atoms with Gasteiger partial charge in [-0.05, 0) is 78.1 Å². The van der Waals surface area contributed by atoms with Crippen molar-refractivity contribution in [2.75, 3.05) is 0 Å². The second kappa shape index (κ2) is 9.55. The summed E-state index contributed by atoms with van der Waals surface area (Å²) in [6.07, 6.45) is -0.922. The van der Waals surface area contributed by atoms with Crippen molar-refractivity contribution in [3.05, 3.63) is 87.5 Å². The minimum absolute atomic E-state index is 0.00302. The molecule has 3 aromatic carbocycles. The van der Waals surface area contributed by atoms with Crippen molar-refractivity contribution < 1.29 is 28.2 Å². The number of nitriles is 1. The molecule has 1 aliphatic heterocycles. The summed E-state index contributed by atoms with van der Waals surface area (Å²) in [7, 11) is 0. The van der Waals surface area contributed by atoms with E-state index in [0.717, 1.165) is 0 Å². The number of halogens is 2. The normalized spacial score (nSPS) is 15.2. The second-order valence-electron chi connectivity index (χ2n) is 8.58. The van der Waals surface area contributed by atoms with Gasteiger partial charge in [0, 0.05) is 11.1 Å². The Balaban J connectivity index is 1.98. The number of hydrogen-bond acceptors (Lipinski definition) is 4. The van der Waals surface area contributed by atoms with Crippen LogP contribution in [0, 0.1) is 36.8 Å². The Kier molecular flexibility index (Phi) is 6.52. The molecule has 3 aromatic rings. The third kappa shape index (κ3) is 4.99.